The molecule has 2 aromatic heterocycles. The van der Waals surface area contributed by atoms with Crippen molar-refractivity contribution in [1.29, 1.82) is 0 Å². The minimum Gasteiger partial charge on any atom is -0.361 e. The molecular weight excluding hydrogens is 293 g/mol. The number of imidazole rings is 1. The van der Waals surface area contributed by atoms with Crippen molar-refractivity contribution in [3.63, 3.8) is 0 Å². The van der Waals surface area contributed by atoms with E-state index in [-0.39, 0.29) is 5.02 Å². The van der Waals surface area contributed by atoms with Crippen molar-refractivity contribution < 1.29 is 4.39 Å². The van der Waals surface area contributed by atoms with E-state index >= 15 is 0 Å². The van der Waals surface area contributed by atoms with Gasteiger partial charge in [-0.2, -0.15) is 0 Å². The number of hydrogen-bond acceptors (Lipinski definition) is 4. The van der Waals surface area contributed by atoms with Crippen LogP contribution in [0.2, 0.25) is 5.02 Å². The van der Waals surface area contributed by atoms with Crippen LogP contribution in [-0.4, -0.2) is 33.6 Å². The first-order valence-corrected chi connectivity index (χ1v) is 6.71. The number of aromatic nitrogens is 4. The van der Waals surface area contributed by atoms with Gasteiger partial charge in [-0.15, -0.1) is 0 Å². The Morgan fingerprint density at radius 2 is 2.05 bits per heavy atom. The molecule has 0 bridgehead atoms. The van der Waals surface area contributed by atoms with Crippen LogP contribution in [0.25, 0.3) is 11.2 Å². The zero-order valence-electron chi connectivity index (χ0n) is 11.6. The Balaban J connectivity index is 2.01. The smallest absolute Gasteiger partial charge is 0.165 e. The van der Waals surface area contributed by atoms with Crippen molar-refractivity contribution in [2.75, 3.05) is 19.0 Å². The molecule has 0 radical (unpaired) electrons. The average Bonchev–Trinajstić information content (AvgIpc) is 2.86. The minimum absolute atomic E-state index is 0.112. The molecule has 0 saturated heterocycles. The lowest BCUT2D eigenvalue weighted by atomic mass is 10.2. The summed E-state index contributed by atoms with van der Waals surface area (Å²) in [6.07, 6.45) is 3.21. The van der Waals surface area contributed by atoms with E-state index in [0.717, 1.165) is 22.5 Å². The molecule has 21 heavy (non-hydrogen) atoms. The quantitative estimate of drug-likeness (QED) is 0.746. The summed E-state index contributed by atoms with van der Waals surface area (Å²) in [6.45, 7) is 0.514. The zero-order valence-corrected chi connectivity index (χ0v) is 12.3. The molecule has 0 fully saturated rings. The van der Waals surface area contributed by atoms with E-state index in [1.54, 1.807) is 18.5 Å². The summed E-state index contributed by atoms with van der Waals surface area (Å²) < 4.78 is 15.1. The Morgan fingerprint density at radius 3 is 2.76 bits per heavy atom. The highest BCUT2D eigenvalue weighted by Crippen LogP contribution is 2.21. The summed E-state index contributed by atoms with van der Waals surface area (Å²) >= 11 is 5.81. The third kappa shape index (κ3) is 2.54. The fourth-order valence-corrected chi connectivity index (χ4v) is 2.35. The van der Waals surface area contributed by atoms with Gasteiger partial charge in [-0.1, -0.05) is 17.7 Å². The highest BCUT2D eigenvalue weighted by atomic mass is 35.5. The molecule has 7 heteroatoms. The zero-order chi connectivity index (χ0) is 15.0. The van der Waals surface area contributed by atoms with Gasteiger partial charge in [0.15, 0.2) is 17.0 Å². The van der Waals surface area contributed by atoms with Gasteiger partial charge in [0.25, 0.3) is 0 Å². The van der Waals surface area contributed by atoms with E-state index < -0.39 is 5.82 Å². The lowest BCUT2D eigenvalue weighted by Gasteiger charge is -2.11. The molecule has 3 aromatic rings. The van der Waals surface area contributed by atoms with E-state index in [4.69, 9.17) is 11.6 Å². The van der Waals surface area contributed by atoms with Gasteiger partial charge in [-0.05, 0) is 17.7 Å². The Kier molecular flexibility index (Phi) is 3.47. The van der Waals surface area contributed by atoms with Crippen molar-refractivity contribution >= 4 is 28.6 Å². The Labute approximate surface area is 126 Å². The maximum Gasteiger partial charge on any atom is 0.165 e. The Bertz CT molecular complexity index is 799. The Morgan fingerprint density at radius 1 is 1.24 bits per heavy atom. The van der Waals surface area contributed by atoms with Crippen molar-refractivity contribution in [3.05, 3.63) is 47.3 Å². The topological polar surface area (TPSA) is 46.8 Å². The van der Waals surface area contributed by atoms with Crippen LogP contribution in [0.3, 0.4) is 0 Å². The van der Waals surface area contributed by atoms with Crippen LogP contribution >= 0.6 is 11.6 Å². The maximum absolute atomic E-state index is 13.2. The van der Waals surface area contributed by atoms with Gasteiger partial charge in [0.05, 0.1) is 17.9 Å². The van der Waals surface area contributed by atoms with E-state index in [1.807, 2.05) is 23.6 Å². The van der Waals surface area contributed by atoms with Gasteiger partial charge < -0.3 is 9.47 Å². The van der Waals surface area contributed by atoms with E-state index in [1.165, 1.54) is 12.4 Å². The predicted molar refractivity (Wildman–Crippen MR) is 80.2 cm³/mol. The van der Waals surface area contributed by atoms with Gasteiger partial charge in [-0.3, -0.25) is 0 Å². The normalized spacial score (nSPS) is 11.0. The molecule has 0 amide bonds. The van der Waals surface area contributed by atoms with Crippen molar-refractivity contribution in [2.45, 2.75) is 6.54 Å². The van der Waals surface area contributed by atoms with Crippen molar-refractivity contribution in [2.24, 2.45) is 0 Å². The van der Waals surface area contributed by atoms with E-state index in [2.05, 4.69) is 15.0 Å². The van der Waals surface area contributed by atoms with Gasteiger partial charge in [0.1, 0.15) is 12.1 Å². The summed E-state index contributed by atoms with van der Waals surface area (Å²) in [6, 6.07) is 4.66. The van der Waals surface area contributed by atoms with Gasteiger partial charge in [-0.25, -0.2) is 19.3 Å². The average molecular weight is 306 g/mol. The molecule has 2 heterocycles. The summed E-state index contributed by atoms with van der Waals surface area (Å²) in [7, 11) is 3.81. The van der Waals surface area contributed by atoms with Gasteiger partial charge in [0.2, 0.25) is 0 Å². The molecule has 0 N–H and O–H groups in total. The first kappa shape index (κ1) is 13.8. The fourth-order valence-electron chi connectivity index (χ4n) is 2.15. The molecule has 0 aliphatic rings. The SMILES string of the molecule is CN(C)c1ncnc2c1ncn2Cc1ccc(F)c(Cl)c1. The van der Waals surface area contributed by atoms with Crippen LogP contribution < -0.4 is 4.90 Å². The minimum atomic E-state index is -0.423. The van der Waals surface area contributed by atoms with Crippen LogP contribution in [0.5, 0.6) is 0 Å². The summed E-state index contributed by atoms with van der Waals surface area (Å²) in [4.78, 5) is 14.7. The van der Waals surface area contributed by atoms with Crippen molar-refractivity contribution in [3.8, 4) is 0 Å². The molecular formula is C14H13ClFN5. The predicted octanol–water partition coefficient (Wildman–Crippen LogP) is 2.73. The second kappa shape index (κ2) is 5.29. The molecule has 0 spiro atoms. The lowest BCUT2D eigenvalue weighted by Crippen LogP contribution is -2.11. The molecule has 1 aromatic carbocycles. The van der Waals surface area contributed by atoms with Crippen LogP contribution in [0.4, 0.5) is 10.2 Å². The number of nitrogens with zero attached hydrogens (tertiary/aromatic N) is 5. The molecule has 0 saturated carbocycles. The largest absolute Gasteiger partial charge is 0.361 e. The number of rotatable bonds is 3. The molecule has 0 unspecified atom stereocenters. The summed E-state index contributed by atoms with van der Waals surface area (Å²) in [5.41, 5.74) is 2.34. The number of benzene rings is 1. The third-order valence-electron chi connectivity index (χ3n) is 3.14. The van der Waals surface area contributed by atoms with Crippen LogP contribution in [-0.2, 0) is 6.54 Å². The maximum atomic E-state index is 13.2. The lowest BCUT2D eigenvalue weighted by molar-refractivity contribution is 0.627. The third-order valence-corrected chi connectivity index (χ3v) is 3.43. The van der Waals surface area contributed by atoms with Gasteiger partial charge in [0, 0.05) is 14.1 Å². The first-order valence-electron chi connectivity index (χ1n) is 6.33. The Hall–Kier alpha value is -2.21. The number of fused-ring (bicyclic) bond motifs is 1. The van der Waals surface area contributed by atoms with Crippen molar-refractivity contribution in [1.82, 2.24) is 19.5 Å². The highest BCUT2D eigenvalue weighted by Gasteiger charge is 2.12. The molecule has 0 aliphatic carbocycles. The molecule has 0 aliphatic heterocycles. The highest BCUT2D eigenvalue weighted by molar-refractivity contribution is 6.30. The molecule has 0 atom stereocenters. The van der Waals surface area contributed by atoms with Crippen LogP contribution in [0.1, 0.15) is 5.56 Å². The number of halogens is 2. The monoisotopic (exact) mass is 305 g/mol. The molecule has 108 valence electrons. The second-order valence-electron chi connectivity index (χ2n) is 4.88. The first-order chi connectivity index (χ1) is 10.1. The second-order valence-corrected chi connectivity index (χ2v) is 5.29. The summed E-state index contributed by atoms with van der Waals surface area (Å²) in [5, 5.41) is 0.112. The number of hydrogen-bond donors (Lipinski definition) is 0. The molecule has 3 rings (SSSR count). The van der Waals surface area contributed by atoms with Crippen LogP contribution in [0, 0.1) is 5.82 Å². The standard InChI is InChI=1S/C14H13ClFN5/c1-20(2)13-12-14(18-7-17-13)21(8-19-12)6-9-3-4-11(16)10(15)5-9/h3-5,7-8H,6H2,1-2H3. The van der Waals surface area contributed by atoms with Crippen LogP contribution in [0.15, 0.2) is 30.9 Å². The van der Waals surface area contributed by atoms with Gasteiger partial charge >= 0.3 is 0 Å². The van der Waals surface area contributed by atoms with E-state index in [9.17, 15) is 4.39 Å². The summed E-state index contributed by atoms with van der Waals surface area (Å²) in [5.74, 6) is 0.337. The molecule has 5 nitrogen and oxygen atoms in total. The fraction of sp³-hybridized carbons (Fsp3) is 0.214. The van der Waals surface area contributed by atoms with E-state index in [0.29, 0.717) is 6.54 Å². The number of anilines is 1.